The third kappa shape index (κ3) is 6.49. The van der Waals surface area contributed by atoms with E-state index in [1.165, 1.54) is 4.91 Å². The van der Waals surface area contributed by atoms with Crippen LogP contribution in [0.4, 0.5) is 4.39 Å². The van der Waals surface area contributed by atoms with Crippen LogP contribution in [0.1, 0.15) is 73.8 Å². The van der Waals surface area contributed by atoms with E-state index in [-0.39, 0.29) is 15.0 Å². The SMILES string of the molecule is CC(C)(O)C(C)(C)OBc1cc(C2=CC3=C(CC2)Sc2ccccc2O3)cc(BOC(C)(C)C(C)(C)O)c1F. The van der Waals surface area contributed by atoms with Crippen molar-refractivity contribution in [1.29, 1.82) is 0 Å². The number of ether oxygens (including phenoxy) is 1. The van der Waals surface area contributed by atoms with Gasteiger partial charge in [0.25, 0.3) is 0 Å². The summed E-state index contributed by atoms with van der Waals surface area (Å²) in [7, 11) is -0.0288. The number of para-hydroxylation sites is 1. The number of halogens is 1. The molecule has 1 heterocycles. The van der Waals surface area contributed by atoms with E-state index in [1.54, 1.807) is 67.2 Å². The molecule has 1 aliphatic carbocycles. The van der Waals surface area contributed by atoms with Gasteiger partial charge in [-0.25, -0.2) is 4.39 Å². The number of thioether (sulfide) groups is 1. The lowest BCUT2D eigenvalue weighted by Crippen LogP contribution is -2.51. The monoisotopic (exact) mass is 552 g/mol. The van der Waals surface area contributed by atoms with E-state index in [1.807, 2.05) is 36.4 Å². The van der Waals surface area contributed by atoms with Crippen LogP contribution >= 0.6 is 11.8 Å². The summed E-state index contributed by atoms with van der Waals surface area (Å²) in [6.45, 7) is 13.9. The summed E-state index contributed by atoms with van der Waals surface area (Å²) in [5.41, 5.74) is -1.37. The van der Waals surface area contributed by atoms with E-state index in [0.717, 1.165) is 40.4 Å². The predicted octanol–water partition coefficient (Wildman–Crippen LogP) is 4.49. The van der Waals surface area contributed by atoms with E-state index in [0.29, 0.717) is 10.9 Å². The van der Waals surface area contributed by atoms with Crippen molar-refractivity contribution in [3.05, 3.63) is 64.5 Å². The summed E-state index contributed by atoms with van der Waals surface area (Å²) in [5.74, 6) is 1.25. The Morgan fingerprint density at radius 3 is 1.92 bits per heavy atom. The van der Waals surface area contributed by atoms with Gasteiger partial charge in [0.2, 0.25) is 0 Å². The fourth-order valence-electron chi connectivity index (χ4n) is 3.98. The largest absolute Gasteiger partial charge is 0.455 e. The molecule has 2 N–H and O–H groups in total. The molecule has 0 fully saturated rings. The summed E-state index contributed by atoms with van der Waals surface area (Å²) in [6.07, 6.45) is 3.66. The molecule has 4 rings (SSSR count). The second-order valence-corrected chi connectivity index (χ2v) is 13.6. The summed E-state index contributed by atoms with van der Waals surface area (Å²) in [4.78, 5) is 2.29. The van der Waals surface area contributed by atoms with Crippen molar-refractivity contribution < 1.29 is 28.6 Å². The number of benzene rings is 2. The van der Waals surface area contributed by atoms with Crippen LogP contribution in [0.15, 0.2) is 58.0 Å². The molecule has 0 unspecified atom stereocenters. The van der Waals surface area contributed by atoms with Crippen molar-refractivity contribution in [2.45, 2.75) is 95.5 Å². The van der Waals surface area contributed by atoms with Gasteiger partial charge in [0.05, 0.1) is 27.3 Å². The molecule has 2 aromatic carbocycles. The van der Waals surface area contributed by atoms with Crippen molar-refractivity contribution in [1.82, 2.24) is 0 Å². The number of hydrogen-bond acceptors (Lipinski definition) is 6. The molecule has 0 radical (unpaired) electrons. The van der Waals surface area contributed by atoms with Gasteiger partial charge in [-0.2, -0.15) is 0 Å². The molecule has 208 valence electrons. The Bertz CT molecular complexity index is 1250. The Hall–Kier alpha value is -2.03. The van der Waals surface area contributed by atoms with E-state index < -0.39 is 28.2 Å². The van der Waals surface area contributed by atoms with Gasteiger partial charge in [0.1, 0.15) is 17.3 Å². The molecular weight excluding hydrogens is 513 g/mol. The topological polar surface area (TPSA) is 68.2 Å². The van der Waals surface area contributed by atoms with Gasteiger partial charge < -0.3 is 24.3 Å². The summed E-state index contributed by atoms with van der Waals surface area (Å²) < 4.78 is 34.2. The predicted molar refractivity (Wildman–Crippen MR) is 160 cm³/mol. The molecule has 0 spiro atoms. The van der Waals surface area contributed by atoms with Crippen LogP contribution in [0.2, 0.25) is 0 Å². The lowest BCUT2D eigenvalue weighted by Gasteiger charge is -2.38. The fourth-order valence-corrected chi connectivity index (χ4v) is 5.01. The van der Waals surface area contributed by atoms with Crippen molar-refractivity contribution in [2.75, 3.05) is 0 Å². The Kier molecular flexibility index (Phi) is 8.25. The molecule has 0 aromatic heterocycles. The van der Waals surface area contributed by atoms with Crippen LogP contribution in [0, 0.1) is 5.82 Å². The van der Waals surface area contributed by atoms with E-state index >= 15 is 4.39 Å². The van der Waals surface area contributed by atoms with Crippen LogP contribution < -0.4 is 15.7 Å². The quantitative estimate of drug-likeness (QED) is 0.448. The molecule has 0 amide bonds. The Labute approximate surface area is 237 Å². The Balaban J connectivity index is 1.69. The van der Waals surface area contributed by atoms with Gasteiger partial charge in [0.15, 0.2) is 0 Å². The van der Waals surface area contributed by atoms with Gasteiger partial charge in [-0.3, -0.25) is 0 Å². The van der Waals surface area contributed by atoms with Gasteiger partial charge >= 0.3 is 15.0 Å². The standard InChI is InChI=1S/C30H39B2FO5S/c1-27(2,34)29(5,6)37-31-20-15-19(16-21(26(20)33)32-38-30(7,8)28(3,4)35)18-13-14-25-23(17-18)36-22-11-9-10-12-24(22)39-25/h9-12,15-17,31-32,34-35H,13-14H2,1-8H3. The molecule has 5 nitrogen and oxygen atoms in total. The highest BCUT2D eigenvalue weighted by atomic mass is 32.2. The van der Waals surface area contributed by atoms with Crippen molar-refractivity contribution in [2.24, 2.45) is 0 Å². The van der Waals surface area contributed by atoms with E-state index in [2.05, 4.69) is 6.07 Å². The first-order valence-corrected chi connectivity index (χ1v) is 14.2. The maximum atomic E-state index is 15.9. The highest BCUT2D eigenvalue weighted by Crippen LogP contribution is 2.46. The summed E-state index contributed by atoms with van der Waals surface area (Å²) in [5, 5.41) is 21.1. The van der Waals surface area contributed by atoms with Crippen molar-refractivity contribution in [3.8, 4) is 5.75 Å². The van der Waals surface area contributed by atoms with Crippen LogP contribution in [0.5, 0.6) is 5.75 Å². The van der Waals surface area contributed by atoms with Gasteiger partial charge in [0, 0.05) is 4.91 Å². The van der Waals surface area contributed by atoms with Crippen molar-refractivity contribution in [3.63, 3.8) is 0 Å². The third-order valence-electron chi connectivity index (χ3n) is 8.22. The third-order valence-corrected chi connectivity index (χ3v) is 9.43. The second kappa shape index (κ2) is 10.7. The average Bonchev–Trinajstić information content (AvgIpc) is 2.84. The second-order valence-electron chi connectivity index (χ2n) is 12.4. The first kappa shape index (κ1) is 29.9. The molecule has 2 aliphatic rings. The zero-order chi connectivity index (χ0) is 28.8. The lowest BCUT2D eigenvalue weighted by atomic mass is 9.74. The zero-order valence-corrected chi connectivity index (χ0v) is 25.1. The van der Waals surface area contributed by atoms with Gasteiger partial charge in [-0.15, -0.1) is 0 Å². The smallest absolute Gasteiger partial charge is 0.312 e. The summed E-state index contributed by atoms with van der Waals surface area (Å²) >= 11 is 1.74. The first-order chi connectivity index (χ1) is 18.0. The van der Waals surface area contributed by atoms with Gasteiger partial charge in [-0.05, 0) is 109 Å². The minimum absolute atomic E-state index is 0.0144. The van der Waals surface area contributed by atoms with Crippen LogP contribution in [-0.2, 0) is 9.31 Å². The van der Waals surface area contributed by atoms with Crippen LogP contribution in [-0.4, -0.2) is 47.6 Å². The average molecular weight is 552 g/mol. The van der Waals surface area contributed by atoms with E-state index in [4.69, 9.17) is 14.0 Å². The first-order valence-electron chi connectivity index (χ1n) is 13.4. The van der Waals surface area contributed by atoms with Gasteiger partial charge in [-0.1, -0.05) is 36.0 Å². The molecule has 9 heteroatoms. The number of rotatable bonds is 9. The summed E-state index contributed by atoms with van der Waals surface area (Å²) in [6, 6.07) is 11.6. The molecule has 0 saturated heterocycles. The fraction of sp³-hybridized carbons (Fsp3) is 0.467. The molecule has 0 atom stereocenters. The lowest BCUT2D eigenvalue weighted by molar-refractivity contribution is -0.0894. The minimum Gasteiger partial charge on any atom is -0.455 e. The number of allylic oxidation sites excluding steroid dienone is 3. The molecule has 39 heavy (non-hydrogen) atoms. The number of hydrogen-bond donors (Lipinski definition) is 2. The molecule has 1 aliphatic heterocycles. The molecule has 0 bridgehead atoms. The van der Waals surface area contributed by atoms with Crippen molar-refractivity contribution >= 4 is 43.2 Å². The molecular formula is C30H39B2FO5S. The highest BCUT2D eigenvalue weighted by Gasteiger charge is 2.37. The Morgan fingerprint density at radius 2 is 1.38 bits per heavy atom. The minimum atomic E-state index is -1.12. The van der Waals surface area contributed by atoms with Crippen LogP contribution in [0.25, 0.3) is 5.57 Å². The number of aliphatic hydroxyl groups is 2. The Morgan fingerprint density at radius 1 is 0.846 bits per heavy atom. The highest BCUT2D eigenvalue weighted by molar-refractivity contribution is 8.03. The normalized spacial score (nSPS) is 16.2. The maximum Gasteiger partial charge on any atom is 0.312 e. The molecule has 2 aromatic rings. The zero-order valence-electron chi connectivity index (χ0n) is 24.3. The number of fused-ring (bicyclic) bond motifs is 1. The maximum absolute atomic E-state index is 15.9. The molecule has 0 saturated carbocycles. The van der Waals surface area contributed by atoms with E-state index in [9.17, 15) is 10.2 Å². The van der Waals surface area contributed by atoms with Crippen LogP contribution in [0.3, 0.4) is 0 Å².